The summed E-state index contributed by atoms with van der Waals surface area (Å²) >= 11 is 0. The van der Waals surface area contributed by atoms with Gasteiger partial charge in [0, 0.05) is 17.5 Å². The first-order valence-electron chi connectivity index (χ1n) is 13.7. The summed E-state index contributed by atoms with van der Waals surface area (Å²) in [6, 6.07) is -0.463. The first kappa shape index (κ1) is 26.8. The van der Waals surface area contributed by atoms with Gasteiger partial charge in [-0.2, -0.15) is 0 Å². The largest absolute Gasteiger partial charge is 0.504 e. The predicted molar refractivity (Wildman–Crippen MR) is 145 cm³/mol. The zero-order chi connectivity index (χ0) is 26.9. The van der Waals surface area contributed by atoms with Gasteiger partial charge in [0.15, 0.2) is 5.76 Å². The number of allylic oxidation sites excluding steroid dienone is 7. The van der Waals surface area contributed by atoms with Crippen LogP contribution in [-0.4, -0.2) is 23.5 Å². The van der Waals surface area contributed by atoms with Gasteiger partial charge in [0.2, 0.25) is 5.78 Å². The molecule has 0 aromatic rings. The van der Waals surface area contributed by atoms with E-state index in [9.17, 15) is 14.7 Å². The maximum Gasteiger partial charge on any atom is 0.312 e. The highest BCUT2D eigenvalue weighted by atomic mass is 16.3. The van der Waals surface area contributed by atoms with E-state index in [4.69, 9.17) is 5.73 Å². The molecular weight excluding hydrogens is 448 g/mol. The Hall–Kier alpha value is -2.30. The summed E-state index contributed by atoms with van der Waals surface area (Å²) < 4.78 is 0. The molecule has 2 amide bonds. The van der Waals surface area contributed by atoms with Crippen molar-refractivity contribution in [2.45, 2.75) is 93.9 Å². The fourth-order valence-corrected chi connectivity index (χ4v) is 8.42. The van der Waals surface area contributed by atoms with E-state index in [1.54, 1.807) is 6.08 Å². The first-order valence-corrected chi connectivity index (χ1v) is 13.7. The summed E-state index contributed by atoms with van der Waals surface area (Å²) in [6.07, 6.45) is 12.6. The Kier molecular flexibility index (Phi) is 6.21. The fraction of sp³-hybridized carbons (Fsp3) is 0.677. The SMILES string of the molecule is CC[C@]1(C)CC[C@]2(C)C3=CC=C4C(=CC(=O)C(O)=C4C)[C@]3(C)CC[C@@]2(C)[C@@H]1CC(C)(C)CNC(N)=O. The number of carbonyl (C=O) groups excluding carboxylic acids is 2. The van der Waals surface area contributed by atoms with Crippen LogP contribution in [0.3, 0.4) is 0 Å². The molecule has 5 atom stereocenters. The van der Waals surface area contributed by atoms with E-state index in [0.717, 1.165) is 49.7 Å². The number of carbonyl (C=O) groups is 2. The number of fused-ring (bicyclic) bond motifs is 5. The molecule has 5 heteroatoms. The number of aliphatic hydroxyl groups excluding tert-OH is 1. The minimum absolute atomic E-state index is 0.0183. The lowest BCUT2D eigenvalue weighted by molar-refractivity contribution is -0.138. The van der Waals surface area contributed by atoms with Gasteiger partial charge in [-0.15, -0.1) is 0 Å². The molecule has 0 unspecified atom stereocenters. The van der Waals surface area contributed by atoms with Gasteiger partial charge in [0.25, 0.3) is 0 Å². The molecule has 0 heterocycles. The summed E-state index contributed by atoms with van der Waals surface area (Å²) in [4.78, 5) is 24.2. The minimum atomic E-state index is -0.463. The van der Waals surface area contributed by atoms with Crippen LogP contribution in [0.4, 0.5) is 4.79 Å². The standard InChI is InChI=1S/C31H46N2O3/c1-9-28(5)12-14-30(7)23-11-10-20-19(2)25(35)22(34)16-21(20)29(23,6)13-15-31(30,8)24(28)17-27(3,4)18-33-26(32)36/h10-11,16,24,35H,9,12-15,17-18H2,1-8H3,(H3,32,33,36)/t24-,28-,29+,30-,31+/m1/s1. The highest BCUT2D eigenvalue weighted by molar-refractivity contribution is 6.06. The first-order chi connectivity index (χ1) is 16.5. The van der Waals surface area contributed by atoms with Crippen molar-refractivity contribution in [3.05, 3.63) is 46.3 Å². The van der Waals surface area contributed by atoms with Crippen LogP contribution in [0.15, 0.2) is 46.3 Å². The van der Waals surface area contributed by atoms with E-state index in [0.29, 0.717) is 18.0 Å². The topological polar surface area (TPSA) is 92.4 Å². The average molecular weight is 495 g/mol. The van der Waals surface area contributed by atoms with E-state index in [1.807, 2.05) is 6.92 Å². The summed E-state index contributed by atoms with van der Waals surface area (Å²) in [6.45, 7) is 19.0. The van der Waals surface area contributed by atoms with Crippen LogP contribution in [-0.2, 0) is 4.79 Å². The lowest BCUT2D eigenvalue weighted by atomic mass is 9.36. The summed E-state index contributed by atoms with van der Waals surface area (Å²) in [5.74, 6) is 0.0758. The summed E-state index contributed by atoms with van der Waals surface area (Å²) in [5.41, 5.74) is 9.62. The van der Waals surface area contributed by atoms with Crippen molar-refractivity contribution in [1.82, 2.24) is 5.32 Å². The molecule has 0 spiro atoms. The van der Waals surface area contributed by atoms with E-state index in [1.165, 1.54) is 5.57 Å². The fourth-order valence-electron chi connectivity index (χ4n) is 8.42. The van der Waals surface area contributed by atoms with Crippen LogP contribution in [0.5, 0.6) is 0 Å². The second-order valence-corrected chi connectivity index (χ2v) is 13.8. The molecule has 0 bridgehead atoms. The predicted octanol–water partition coefficient (Wildman–Crippen LogP) is 6.92. The second kappa shape index (κ2) is 8.36. The van der Waals surface area contributed by atoms with Crippen LogP contribution in [0.25, 0.3) is 0 Å². The third-order valence-corrected chi connectivity index (χ3v) is 11.3. The van der Waals surface area contributed by atoms with E-state index < -0.39 is 6.03 Å². The van der Waals surface area contributed by atoms with Gasteiger partial charge in [-0.05, 0) is 83.8 Å². The number of rotatable bonds is 5. The van der Waals surface area contributed by atoms with Crippen molar-refractivity contribution in [2.24, 2.45) is 38.7 Å². The summed E-state index contributed by atoms with van der Waals surface area (Å²) in [7, 11) is 0. The van der Waals surface area contributed by atoms with Crippen molar-refractivity contribution in [1.29, 1.82) is 0 Å². The Labute approximate surface area is 217 Å². The molecule has 0 aromatic heterocycles. The molecule has 4 rings (SSSR count). The quantitative estimate of drug-likeness (QED) is 0.387. The molecule has 4 aliphatic rings. The van der Waals surface area contributed by atoms with Gasteiger partial charge in [-0.3, -0.25) is 4.79 Å². The van der Waals surface area contributed by atoms with Crippen LogP contribution >= 0.6 is 0 Å². The van der Waals surface area contributed by atoms with Gasteiger partial charge in [0.05, 0.1) is 0 Å². The second-order valence-electron chi connectivity index (χ2n) is 13.8. The van der Waals surface area contributed by atoms with Crippen LogP contribution < -0.4 is 11.1 Å². The van der Waals surface area contributed by atoms with Crippen molar-refractivity contribution in [2.75, 3.05) is 6.54 Å². The zero-order valence-electron chi connectivity index (χ0n) is 23.6. The van der Waals surface area contributed by atoms with Crippen molar-refractivity contribution in [3.63, 3.8) is 0 Å². The average Bonchev–Trinajstić information content (AvgIpc) is 2.81. The van der Waals surface area contributed by atoms with Gasteiger partial charge in [-0.25, -0.2) is 4.79 Å². The van der Waals surface area contributed by atoms with Gasteiger partial charge in [-0.1, -0.05) is 72.6 Å². The molecule has 36 heavy (non-hydrogen) atoms. The molecule has 0 saturated heterocycles. The van der Waals surface area contributed by atoms with Crippen LogP contribution in [0.2, 0.25) is 0 Å². The van der Waals surface area contributed by atoms with Crippen molar-refractivity contribution in [3.8, 4) is 0 Å². The van der Waals surface area contributed by atoms with E-state index >= 15 is 0 Å². The Morgan fingerprint density at radius 2 is 1.81 bits per heavy atom. The lowest BCUT2D eigenvalue weighted by Gasteiger charge is -2.68. The lowest BCUT2D eigenvalue weighted by Crippen LogP contribution is -2.60. The molecule has 0 aromatic carbocycles. The van der Waals surface area contributed by atoms with Crippen LogP contribution in [0, 0.1) is 33.0 Å². The number of amides is 2. The Bertz CT molecular complexity index is 1120. The number of nitrogens with one attached hydrogen (secondary N) is 1. The number of hydrogen-bond acceptors (Lipinski definition) is 3. The highest BCUT2D eigenvalue weighted by Gasteiger charge is 2.65. The molecule has 5 nitrogen and oxygen atoms in total. The summed E-state index contributed by atoms with van der Waals surface area (Å²) in [5, 5.41) is 13.2. The molecule has 0 radical (unpaired) electrons. The highest BCUT2D eigenvalue weighted by Crippen LogP contribution is 2.74. The third kappa shape index (κ3) is 3.71. The zero-order valence-corrected chi connectivity index (χ0v) is 23.6. The number of urea groups is 1. The number of aliphatic hydroxyl groups is 1. The molecule has 2 fully saturated rings. The van der Waals surface area contributed by atoms with E-state index in [2.05, 4.69) is 65.9 Å². The minimum Gasteiger partial charge on any atom is -0.504 e. The van der Waals surface area contributed by atoms with Gasteiger partial charge in [0.1, 0.15) is 0 Å². The number of nitrogens with two attached hydrogens (primary N) is 1. The molecule has 4 aliphatic carbocycles. The Balaban J connectivity index is 1.81. The normalized spacial score (nSPS) is 38.3. The molecule has 0 aliphatic heterocycles. The molecular formula is C31H46N2O3. The number of ketones is 1. The number of hydrogen-bond donors (Lipinski definition) is 3. The van der Waals surface area contributed by atoms with Crippen molar-refractivity contribution >= 4 is 11.8 Å². The van der Waals surface area contributed by atoms with Crippen LogP contribution in [0.1, 0.15) is 93.9 Å². The van der Waals surface area contributed by atoms with E-state index in [-0.39, 0.29) is 38.6 Å². The monoisotopic (exact) mass is 494 g/mol. The molecule has 2 saturated carbocycles. The van der Waals surface area contributed by atoms with Gasteiger partial charge >= 0.3 is 6.03 Å². The van der Waals surface area contributed by atoms with Gasteiger partial charge < -0.3 is 16.2 Å². The van der Waals surface area contributed by atoms with Crippen molar-refractivity contribution < 1.29 is 14.7 Å². The Morgan fingerprint density at radius 3 is 2.42 bits per heavy atom. The number of primary amides is 1. The maximum absolute atomic E-state index is 12.7. The molecule has 198 valence electrons. The Morgan fingerprint density at radius 1 is 1.14 bits per heavy atom. The maximum atomic E-state index is 12.7. The third-order valence-electron chi connectivity index (χ3n) is 11.3. The smallest absolute Gasteiger partial charge is 0.312 e. The molecule has 4 N–H and O–H groups in total.